The zero-order valence-corrected chi connectivity index (χ0v) is 34.4. The van der Waals surface area contributed by atoms with Crippen molar-refractivity contribution in [2.75, 3.05) is 19.8 Å². The molecule has 288 valence electrons. The molecule has 12 heteroatoms. The smallest absolute Gasteiger partial charge is 0.454 e. The molecule has 1 saturated heterocycles. The van der Waals surface area contributed by atoms with Crippen molar-refractivity contribution in [3.8, 4) is 0 Å². The van der Waals surface area contributed by atoms with Crippen molar-refractivity contribution in [3.05, 3.63) is 71.8 Å². The van der Waals surface area contributed by atoms with Crippen molar-refractivity contribution in [2.24, 2.45) is 5.41 Å². The van der Waals surface area contributed by atoms with Gasteiger partial charge in [-0.25, -0.2) is 4.57 Å². The number of ether oxygens (including phenoxy) is 4. The summed E-state index contributed by atoms with van der Waals surface area (Å²) in [5.41, 5.74) is 1.07. The first kappa shape index (κ1) is 43.5. The predicted molar refractivity (Wildman–Crippen MR) is 202 cm³/mol. The van der Waals surface area contributed by atoms with Crippen molar-refractivity contribution < 1.29 is 46.3 Å². The average molecular weight is 751 g/mol. The maximum Gasteiger partial charge on any atom is 0.477 e. The van der Waals surface area contributed by atoms with Gasteiger partial charge in [0.1, 0.15) is 18.3 Å². The van der Waals surface area contributed by atoms with E-state index in [-0.39, 0.29) is 31.5 Å². The molecule has 1 heterocycles. The van der Waals surface area contributed by atoms with Gasteiger partial charge in [-0.1, -0.05) is 108 Å². The molecule has 0 unspecified atom stereocenters. The minimum Gasteiger partial charge on any atom is -0.454 e. The van der Waals surface area contributed by atoms with Gasteiger partial charge in [0.25, 0.3) is 0 Å². The molecule has 2 aromatic rings. The van der Waals surface area contributed by atoms with Crippen LogP contribution in [0.5, 0.6) is 0 Å². The summed E-state index contributed by atoms with van der Waals surface area (Å²) in [6.45, 7) is 21.0. The topological polar surface area (TPSA) is 108 Å². The number of unbranched alkanes of at least 4 members (excludes halogenated alkanes) is 2. The number of esters is 1. The molecule has 0 bridgehead atoms. The zero-order valence-electron chi connectivity index (χ0n) is 32.6. The van der Waals surface area contributed by atoms with Crippen molar-refractivity contribution in [1.29, 1.82) is 0 Å². The number of carbonyl (C=O) groups is 1. The molecule has 10 nitrogen and oxygen atoms in total. The van der Waals surface area contributed by atoms with Crippen LogP contribution in [0.4, 0.5) is 0 Å². The zero-order chi connectivity index (χ0) is 37.7. The van der Waals surface area contributed by atoms with E-state index in [4.69, 9.17) is 36.9 Å². The summed E-state index contributed by atoms with van der Waals surface area (Å²) in [6, 6.07) is 19.6. The monoisotopic (exact) mass is 750 g/mol. The number of hydrogen-bond donors (Lipinski definition) is 0. The van der Waals surface area contributed by atoms with Crippen molar-refractivity contribution in [3.63, 3.8) is 0 Å². The number of rotatable bonds is 20. The molecule has 2 aromatic carbocycles. The third-order valence-corrected chi connectivity index (χ3v) is 15.0. The lowest BCUT2D eigenvalue weighted by Gasteiger charge is -2.49. The fourth-order valence-electron chi connectivity index (χ4n) is 4.88. The summed E-state index contributed by atoms with van der Waals surface area (Å²) in [4.78, 5) is 13.7. The third-order valence-electron chi connectivity index (χ3n) is 9.09. The second-order valence-electron chi connectivity index (χ2n) is 15.7. The molecule has 5 atom stereocenters. The molecule has 1 aliphatic rings. The molecule has 3 rings (SSSR count). The molecule has 0 radical (unpaired) electrons. The highest BCUT2D eigenvalue weighted by Gasteiger charge is 2.55. The minimum absolute atomic E-state index is 0.0865. The second kappa shape index (κ2) is 20.0. The SMILES string of the molecule is CCCCOP(=O)(OCCCC)O[C@H]1O[C@H](COCc2ccccc2)[C@H](OCc2ccccc2)[C@H](O[Si](C)(C)C(C)(C)C)[C@H]1OC(=O)C(C)(C)C. The van der Waals surface area contributed by atoms with Gasteiger partial charge < -0.3 is 23.4 Å². The lowest BCUT2D eigenvalue weighted by atomic mass is 9.95. The fraction of sp³-hybridized carbons (Fsp3) is 0.667. The van der Waals surface area contributed by atoms with Crippen LogP contribution in [-0.4, -0.2) is 64.8 Å². The Morgan fingerprint density at radius 2 is 1.31 bits per heavy atom. The largest absolute Gasteiger partial charge is 0.477 e. The van der Waals surface area contributed by atoms with E-state index in [2.05, 4.69) is 33.9 Å². The van der Waals surface area contributed by atoms with E-state index < -0.39 is 58.2 Å². The first-order chi connectivity index (χ1) is 24.0. The summed E-state index contributed by atoms with van der Waals surface area (Å²) in [5, 5.41) is -0.217. The van der Waals surface area contributed by atoms with Crippen LogP contribution in [0.3, 0.4) is 0 Å². The van der Waals surface area contributed by atoms with Gasteiger partial charge in [-0.2, -0.15) is 0 Å². The predicted octanol–water partition coefficient (Wildman–Crippen LogP) is 9.62. The van der Waals surface area contributed by atoms with Gasteiger partial charge in [-0.15, -0.1) is 0 Å². The van der Waals surface area contributed by atoms with E-state index >= 15 is 0 Å². The lowest BCUT2D eigenvalue weighted by molar-refractivity contribution is -0.295. The Bertz CT molecular complexity index is 1330. The first-order valence-corrected chi connectivity index (χ1v) is 22.8. The quantitative estimate of drug-likeness (QED) is 0.0562. The Hall–Kier alpha value is -1.92. The van der Waals surface area contributed by atoms with Crippen LogP contribution in [0.2, 0.25) is 18.1 Å². The van der Waals surface area contributed by atoms with E-state index in [9.17, 15) is 9.36 Å². The molecule has 0 N–H and O–H groups in total. The maximum atomic E-state index is 14.3. The van der Waals surface area contributed by atoms with Crippen LogP contribution in [0.1, 0.15) is 92.2 Å². The summed E-state index contributed by atoms with van der Waals surface area (Å²) < 4.78 is 65.3. The van der Waals surface area contributed by atoms with E-state index in [0.717, 1.165) is 24.0 Å². The molecule has 1 fully saturated rings. The molecule has 0 amide bonds. The van der Waals surface area contributed by atoms with E-state index in [1.165, 1.54) is 0 Å². The molecular formula is C39H63O10PSi. The Balaban J connectivity index is 2.13. The van der Waals surface area contributed by atoms with Gasteiger partial charge in [0, 0.05) is 0 Å². The Labute approximate surface area is 307 Å². The number of phosphoric acid groups is 1. The summed E-state index contributed by atoms with van der Waals surface area (Å²) in [6.07, 6.45) is -2.05. The van der Waals surface area contributed by atoms with Gasteiger partial charge in [-0.05, 0) is 62.9 Å². The summed E-state index contributed by atoms with van der Waals surface area (Å²) in [7, 11) is -6.79. The van der Waals surface area contributed by atoms with Crippen molar-refractivity contribution in [2.45, 2.75) is 143 Å². The highest BCUT2D eigenvalue weighted by Crippen LogP contribution is 2.53. The van der Waals surface area contributed by atoms with Crippen LogP contribution >= 0.6 is 7.82 Å². The second-order valence-corrected chi connectivity index (χ2v) is 22.1. The van der Waals surface area contributed by atoms with Gasteiger partial charge >= 0.3 is 13.8 Å². The fourth-order valence-corrected chi connectivity index (χ4v) is 7.50. The number of benzene rings is 2. The molecular weight excluding hydrogens is 687 g/mol. The minimum atomic E-state index is -4.20. The van der Waals surface area contributed by atoms with E-state index in [1.54, 1.807) is 20.8 Å². The third kappa shape index (κ3) is 13.8. The van der Waals surface area contributed by atoms with Crippen molar-refractivity contribution in [1.82, 2.24) is 0 Å². The van der Waals surface area contributed by atoms with Crippen LogP contribution in [-0.2, 0) is 59.5 Å². The van der Waals surface area contributed by atoms with Crippen LogP contribution in [0.25, 0.3) is 0 Å². The Morgan fingerprint density at radius 1 is 0.784 bits per heavy atom. The maximum absolute atomic E-state index is 14.3. The molecule has 0 spiro atoms. The first-order valence-electron chi connectivity index (χ1n) is 18.4. The highest BCUT2D eigenvalue weighted by molar-refractivity contribution is 7.48. The standard InChI is InChI=1S/C39H63O10PSi/c1-11-13-25-44-50(41,45-26-14-12-2)48-36-35(47-37(40)38(3,4)5)34(49-51(9,10)39(6,7)8)33(43-28-31-23-19-16-20-24-31)32(46-36)29-42-27-30-21-17-15-18-22-30/h15-24,32-36H,11-14,25-29H2,1-10H3/t32-,33+,34+,35-,36-/m1/s1. The summed E-state index contributed by atoms with van der Waals surface area (Å²) >= 11 is 0. The van der Waals surface area contributed by atoms with Crippen LogP contribution in [0, 0.1) is 5.41 Å². The number of phosphoric ester groups is 1. The number of carbonyl (C=O) groups excluding carboxylic acids is 1. The van der Waals surface area contributed by atoms with Crippen molar-refractivity contribution >= 4 is 22.1 Å². The van der Waals surface area contributed by atoms with Gasteiger partial charge in [0.2, 0.25) is 6.29 Å². The van der Waals surface area contributed by atoms with Gasteiger partial charge in [-0.3, -0.25) is 18.4 Å². The van der Waals surface area contributed by atoms with Crippen LogP contribution < -0.4 is 0 Å². The number of hydrogen-bond acceptors (Lipinski definition) is 10. The highest BCUT2D eigenvalue weighted by atomic mass is 31.2. The van der Waals surface area contributed by atoms with Gasteiger partial charge in [0.05, 0.1) is 38.4 Å². The molecule has 0 saturated carbocycles. The van der Waals surface area contributed by atoms with E-state index in [0.29, 0.717) is 19.4 Å². The van der Waals surface area contributed by atoms with Gasteiger partial charge in [0.15, 0.2) is 14.4 Å². The lowest BCUT2D eigenvalue weighted by Crippen LogP contribution is -2.65. The molecule has 0 aromatic heterocycles. The van der Waals surface area contributed by atoms with Crippen LogP contribution in [0.15, 0.2) is 60.7 Å². The Morgan fingerprint density at radius 3 is 1.80 bits per heavy atom. The Kier molecular flexibility index (Phi) is 17.0. The van der Waals surface area contributed by atoms with E-state index in [1.807, 2.05) is 74.5 Å². The normalized spacial score (nSPS) is 21.8. The summed E-state index contributed by atoms with van der Waals surface area (Å²) in [5.74, 6) is -0.497. The molecule has 0 aliphatic carbocycles. The average Bonchev–Trinajstić information content (AvgIpc) is 3.06. The molecule has 51 heavy (non-hydrogen) atoms. The molecule has 1 aliphatic heterocycles.